The number of ether oxygens (including phenoxy) is 1. The Morgan fingerprint density at radius 2 is 1.59 bits per heavy atom. The number of hydrogen-bond acceptors (Lipinski definition) is 3. The molecule has 2 amide bonds. The van der Waals surface area contributed by atoms with Gasteiger partial charge in [0.15, 0.2) is 6.10 Å². The lowest BCUT2D eigenvalue weighted by Crippen LogP contribution is -2.31. The number of fused-ring (bicyclic) bond motifs is 1. The quantitative estimate of drug-likeness (QED) is 0.331. The van der Waals surface area contributed by atoms with Gasteiger partial charge in [-0.1, -0.05) is 48.0 Å². The van der Waals surface area contributed by atoms with Crippen molar-refractivity contribution in [2.75, 3.05) is 16.8 Å². The average molecular weight is 473 g/mol. The number of nitrogens with zero attached hydrogens (tertiary/aromatic N) is 1. The van der Waals surface area contributed by atoms with Gasteiger partial charge in [-0.3, -0.25) is 9.59 Å². The van der Waals surface area contributed by atoms with Gasteiger partial charge in [0.1, 0.15) is 5.75 Å². The van der Waals surface area contributed by atoms with E-state index in [1.165, 1.54) is 0 Å². The van der Waals surface area contributed by atoms with Crippen LogP contribution in [-0.2, 0) is 4.79 Å². The van der Waals surface area contributed by atoms with E-state index < -0.39 is 6.10 Å². The maximum absolute atomic E-state index is 13.3. The van der Waals surface area contributed by atoms with Crippen LogP contribution in [0.5, 0.6) is 5.75 Å². The molecule has 4 aromatic carbocycles. The molecule has 34 heavy (non-hydrogen) atoms. The molecule has 0 spiro atoms. The van der Waals surface area contributed by atoms with E-state index in [1.54, 1.807) is 60.4 Å². The zero-order valence-corrected chi connectivity index (χ0v) is 19.8. The smallest absolute Gasteiger partial charge is 0.265 e. The SMILES string of the molecule is CCN(C(=O)c1ccc(NC(=O)C(C)Oc2ccc(Cl)cc2)cc1)c1cccc2ccccc12. The van der Waals surface area contributed by atoms with E-state index in [0.29, 0.717) is 28.6 Å². The molecule has 0 saturated heterocycles. The minimum Gasteiger partial charge on any atom is -0.481 e. The van der Waals surface area contributed by atoms with Crippen LogP contribution in [0.4, 0.5) is 11.4 Å². The highest BCUT2D eigenvalue weighted by Gasteiger charge is 2.19. The van der Waals surface area contributed by atoms with Gasteiger partial charge in [-0.25, -0.2) is 0 Å². The molecule has 0 aliphatic heterocycles. The first-order chi connectivity index (χ1) is 16.5. The molecule has 0 radical (unpaired) electrons. The number of carbonyl (C=O) groups excluding carboxylic acids is 2. The number of halogens is 1. The number of hydrogen-bond donors (Lipinski definition) is 1. The average Bonchev–Trinajstić information content (AvgIpc) is 2.86. The molecule has 0 aliphatic rings. The molecule has 6 heteroatoms. The van der Waals surface area contributed by atoms with Crippen LogP contribution >= 0.6 is 11.6 Å². The Morgan fingerprint density at radius 1 is 0.912 bits per heavy atom. The molecule has 5 nitrogen and oxygen atoms in total. The predicted octanol–water partition coefficient (Wildman–Crippen LogP) is 6.57. The van der Waals surface area contributed by atoms with Crippen LogP contribution in [-0.4, -0.2) is 24.5 Å². The maximum Gasteiger partial charge on any atom is 0.265 e. The van der Waals surface area contributed by atoms with E-state index in [0.717, 1.165) is 16.5 Å². The Bertz CT molecular complexity index is 1300. The molecule has 4 rings (SSSR count). The van der Waals surface area contributed by atoms with Crippen LogP contribution in [0, 0.1) is 0 Å². The third-order valence-corrected chi connectivity index (χ3v) is 5.77. The van der Waals surface area contributed by atoms with Crippen molar-refractivity contribution < 1.29 is 14.3 Å². The lowest BCUT2D eigenvalue weighted by atomic mass is 10.1. The van der Waals surface area contributed by atoms with Crippen LogP contribution in [0.1, 0.15) is 24.2 Å². The second-order valence-electron chi connectivity index (χ2n) is 7.83. The molecule has 1 unspecified atom stereocenters. The minimum atomic E-state index is -0.704. The normalized spacial score (nSPS) is 11.6. The lowest BCUT2D eigenvalue weighted by molar-refractivity contribution is -0.122. The van der Waals surface area contributed by atoms with Gasteiger partial charge < -0.3 is 15.0 Å². The van der Waals surface area contributed by atoms with Crippen molar-refractivity contribution in [2.24, 2.45) is 0 Å². The first-order valence-corrected chi connectivity index (χ1v) is 11.5. The molecule has 172 valence electrons. The highest BCUT2D eigenvalue weighted by molar-refractivity contribution is 6.30. The van der Waals surface area contributed by atoms with E-state index in [4.69, 9.17) is 16.3 Å². The predicted molar refractivity (Wildman–Crippen MR) is 138 cm³/mol. The Hall–Kier alpha value is -3.83. The van der Waals surface area contributed by atoms with E-state index in [1.807, 2.05) is 49.4 Å². The van der Waals surface area contributed by atoms with Crippen molar-refractivity contribution in [1.29, 1.82) is 0 Å². The third-order valence-electron chi connectivity index (χ3n) is 5.51. The number of carbonyl (C=O) groups is 2. The Kier molecular flexibility index (Phi) is 7.14. The molecule has 0 bridgehead atoms. The summed E-state index contributed by atoms with van der Waals surface area (Å²) in [7, 11) is 0. The molecule has 0 aromatic heterocycles. The monoisotopic (exact) mass is 472 g/mol. The molecule has 4 aromatic rings. The van der Waals surface area contributed by atoms with Gasteiger partial charge in [0.25, 0.3) is 11.8 Å². The summed E-state index contributed by atoms with van der Waals surface area (Å²) in [5.41, 5.74) is 2.00. The van der Waals surface area contributed by atoms with Crippen LogP contribution < -0.4 is 15.0 Å². The molecule has 0 fully saturated rings. The van der Waals surface area contributed by atoms with Crippen molar-refractivity contribution in [2.45, 2.75) is 20.0 Å². The van der Waals surface area contributed by atoms with Gasteiger partial charge in [-0.2, -0.15) is 0 Å². The fraction of sp³-hybridized carbons (Fsp3) is 0.143. The van der Waals surface area contributed by atoms with Crippen LogP contribution in [0.25, 0.3) is 10.8 Å². The molecule has 1 atom stereocenters. The third kappa shape index (κ3) is 5.21. The Labute approximate surface area is 203 Å². The van der Waals surface area contributed by atoms with Gasteiger partial charge in [0.05, 0.1) is 5.69 Å². The highest BCUT2D eigenvalue weighted by Crippen LogP contribution is 2.28. The number of amides is 2. The molecule has 0 saturated carbocycles. The summed E-state index contributed by atoms with van der Waals surface area (Å²) in [6.07, 6.45) is -0.704. The summed E-state index contributed by atoms with van der Waals surface area (Å²) >= 11 is 5.88. The van der Waals surface area contributed by atoms with Crippen LogP contribution in [0.3, 0.4) is 0 Å². The van der Waals surface area contributed by atoms with Gasteiger partial charge in [0, 0.05) is 28.2 Å². The minimum absolute atomic E-state index is 0.101. The summed E-state index contributed by atoms with van der Waals surface area (Å²) in [5, 5.41) is 5.53. The van der Waals surface area contributed by atoms with Crippen molar-refractivity contribution >= 4 is 45.6 Å². The fourth-order valence-electron chi connectivity index (χ4n) is 3.73. The summed E-state index contributed by atoms with van der Waals surface area (Å²) < 4.78 is 5.66. The number of anilines is 2. The van der Waals surface area contributed by atoms with E-state index >= 15 is 0 Å². The molecule has 0 heterocycles. The van der Waals surface area contributed by atoms with Crippen molar-refractivity contribution in [3.8, 4) is 5.75 Å². The van der Waals surface area contributed by atoms with Gasteiger partial charge in [-0.15, -0.1) is 0 Å². The zero-order chi connectivity index (χ0) is 24.1. The Balaban J connectivity index is 1.45. The van der Waals surface area contributed by atoms with Gasteiger partial charge in [0.2, 0.25) is 0 Å². The first kappa shape index (κ1) is 23.3. The van der Waals surface area contributed by atoms with Crippen molar-refractivity contribution in [3.05, 3.63) is 102 Å². The van der Waals surface area contributed by atoms with E-state index in [2.05, 4.69) is 5.32 Å². The molecule has 1 N–H and O–H groups in total. The molecular weight excluding hydrogens is 448 g/mol. The second kappa shape index (κ2) is 10.4. The van der Waals surface area contributed by atoms with Crippen molar-refractivity contribution in [3.63, 3.8) is 0 Å². The number of nitrogens with one attached hydrogen (secondary N) is 1. The van der Waals surface area contributed by atoms with Crippen molar-refractivity contribution in [1.82, 2.24) is 0 Å². The molecular formula is C28H25ClN2O3. The first-order valence-electron chi connectivity index (χ1n) is 11.1. The second-order valence-corrected chi connectivity index (χ2v) is 8.26. The van der Waals surface area contributed by atoms with E-state index in [9.17, 15) is 9.59 Å². The van der Waals surface area contributed by atoms with Crippen LogP contribution in [0.15, 0.2) is 91.0 Å². The summed E-state index contributed by atoms with van der Waals surface area (Å²) in [4.78, 5) is 27.6. The largest absolute Gasteiger partial charge is 0.481 e. The summed E-state index contributed by atoms with van der Waals surface area (Å²) in [5.74, 6) is 0.164. The topological polar surface area (TPSA) is 58.6 Å². The van der Waals surface area contributed by atoms with Gasteiger partial charge in [-0.05, 0) is 73.8 Å². The fourth-order valence-corrected chi connectivity index (χ4v) is 3.86. The summed E-state index contributed by atoms with van der Waals surface area (Å²) in [6, 6.07) is 27.7. The maximum atomic E-state index is 13.3. The van der Waals surface area contributed by atoms with Crippen LogP contribution in [0.2, 0.25) is 5.02 Å². The van der Waals surface area contributed by atoms with Gasteiger partial charge >= 0.3 is 0 Å². The number of rotatable bonds is 7. The summed E-state index contributed by atoms with van der Waals surface area (Å²) in [6.45, 7) is 4.16. The van der Waals surface area contributed by atoms with E-state index in [-0.39, 0.29) is 11.8 Å². The zero-order valence-electron chi connectivity index (χ0n) is 19.0. The highest BCUT2D eigenvalue weighted by atomic mass is 35.5. The lowest BCUT2D eigenvalue weighted by Gasteiger charge is -2.23. The number of benzene rings is 4. The molecule has 0 aliphatic carbocycles. The standard InChI is InChI=1S/C28H25ClN2O3/c1-3-31(26-10-6-8-20-7-4-5-9-25(20)26)28(33)21-11-15-23(16-12-21)30-27(32)19(2)34-24-17-13-22(29)14-18-24/h4-19H,3H2,1-2H3,(H,30,32). The Morgan fingerprint density at radius 3 is 2.29 bits per heavy atom.